The first-order chi connectivity index (χ1) is 6.41. The van der Waals surface area contributed by atoms with Crippen LogP contribution in [0.5, 0.6) is 0 Å². The molecule has 1 atom stereocenters. The van der Waals surface area contributed by atoms with E-state index in [-0.39, 0.29) is 5.75 Å². The molecular formula is C9H18O4S. The molecule has 1 saturated heterocycles. The third-order valence-corrected chi connectivity index (χ3v) is 3.49. The summed E-state index contributed by atoms with van der Waals surface area (Å²) in [6.07, 6.45) is 3.82. The van der Waals surface area contributed by atoms with Crippen LogP contribution in [0.3, 0.4) is 0 Å². The topological polar surface area (TPSA) is 63.6 Å². The third kappa shape index (κ3) is 4.39. The van der Waals surface area contributed by atoms with Gasteiger partial charge in [-0.1, -0.05) is 0 Å². The van der Waals surface area contributed by atoms with Crippen LogP contribution in [-0.4, -0.2) is 44.3 Å². The van der Waals surface area contributed by atoms with Crippen LogP contribution in [-0.2, 0) is 14.6 Å². The molecule has 1 heterocycles. The number of rotatable bonds is 4. The zero-order chi connectivity index (χ0) is 10.7. The average Bonchev–Trinajstić information content (AvgIpc) is 2.02. The van der Waals surface area contributed by atoms with E-state index in [1.165, 1.54) is 6.26 Å². The average molecular weight is 222 g/mol. The van der Waals surface area contributed by atoms with Gasteiger partial charge in [-0.05, 0) is 25.7 Å². The van der Waals surface area contributed by atoms with E-state index in [1.54, 1.807) is 0 Å². The number of sulfone groups is 1. The summed E-state index contributed by atoms with van der Waals surface area (Å²) in [5.41, 5.74) is -0.789. The lowest BCUT2D eigenvalue weighted by molar-refractivity contribution is -0.0897. The predicted octanol–water partition coefficient (Wildman–Crippen LogP) is 0.353. The van der Waals surface area contributed by atoms with Crippen molar-refractivity contribution in [2.75, 3.05) is 25.2 Å². The summed E-state index contributed by atoms with van der Waals surface area (Å²) in [5.74, 6) is 0.148. The van der Waals surface area contributed by atoms with Gasteiger partial charge in [0, 0.05) is 18.6 Å². The van der Waals surface area contributed by atoms with Gasteiger partial charge in [0.1, 0.15) is 9.84 Å². The van der Waals surface area contributed by atoms with E-state index in [1.807, 2.05) is 0 Å². The molecule has 1 rings (SSSR count). The number of ether oxygens (including phenoxy) is 1. The van der Waals surface area contributed by atoms with Crippen molar-refractivity contribution in [1.82, 2.24) is 0 Å². The molecule has 0 amide bonds. The predicted molar refractivity (Wildman–Crippen MR) is 53.9 cm³/mol. The maximum Gasteiger partial charge on any atom is 0.147 e. The summed E-state index contributed by atoms with van der Waals surface area (Å²) in [6.45, 7) is 1.05. The third-order valence-electron chi connectivity index (χ3n) is 2.46. The van der Waals surface area contributed by atoms with Crippen LogP contribution < -0.4 is 0 Å². The standard InChI is InChI=1S/C9H18O4S/c1-14(11,12)7-3-5-9(10)4-2-6-13-8-9/h10H,2-8H2,1H3. The molecule has 84 valence electrons. The normalized spacial score (nSPS) is 29.0. The number of aliphatic hydroxyl groups is 1. The van der Waals surface area contributed by atoms with E-state index >= 15 is 0 Å². The van der Waals surface area contributed by atoms with Crippen molar-refractivity contribution < 1.29 is 18.3 Å². The molecule has 0 spiro atoms. The summed E-state index contributed by atoms with van der Waals surface area (Å²) < 4.78 is 26.9. The van der Waals surface area contributed by atoms with Crippen molar-refractivity contribution in [2.45, 2.75) is 31.3 Å². The molecule has 1 aliphatic heterocycles. The fourth-order valence-corrected chi connectivity index (χ4v) is 2.37. The van der Waals surface area contributed by atoms with Crippen LogP contribution >= 0.6 is 0 Å². The Labute approximate surface area is 85.2 Å². The lowest BCUT2D eigenvalue weighted by Gasteiger charge is -2.31. The molecule has 0 aromatic heterocycles. The summed E-state index contributed by atoms with van der Waals surface area (Å²) in [6, 6.07) is 0. The first-order valence-corrected chi connectivity index (χ1v) is 6.95. The van der Waals surface area contributed by atoms with Gasteiger partial charge in [0.05, 0.1) is 12.2 Å². The molecule has 0 saturated carbocycles. The highest BCUT2D eigenvalue weighted by Crippen LogP contribution is 2.24. The molecule has 0 radical (unpaired) electrons. The summed E-state index contributed by atoms with van der Waals surface area (Å²) in [4.78, 5) is 0. The quantitative estimate of drug-likeness (QED) is 0.745. The zero-order valence-corrected chi connectivity index (χ0v) is 9.35. The number of hydrogen-bond donors (Lipinski definition) is 1. The summed E-state index contributed by atoms with van der Waals surface area (Å²) in [7, 11) is -2.90. The van der Waals surface area contributed by atoms with Crippen LogP contribution in [0.4, 0.5) is 0 Å². The first-order valence-electron chi connectivity index (χ1n) is 4.89. The maximum absolute atomic E-state index is 10.9. The van der Waals surface area contributed by atoms with Gasteiger partial charge in [-0.15, -0.1) is 0 Å². The summed E-state index contributed by atoms with van der Waals surface area (Å²) >= 11 is 0. The Morgan fingerprint density at radius 1 is 1.50 bits per heavy atom. The van der Waals surface area contributed by atoms with Crippen LogP contribution in [0.1, 0.15) is 25.7 Å². The van der Waals surface area contributed by atoms with Crippen molar-refractivity contribution in [3.63, 3.8) is 0 Å². The SMILES string of the molecule is CS(=O)(=O)CCCC1(O)CCCOC1. The Morgan fingerprint density at radius 3 is 2.71 bits per heavy atom. The molecule has 0 aliphatic carbocycles. The van der Waals surface area contributed by atoms with Gasteiger partial charge in [0.25, 0.3) is 0 Å². The van der Waals surface area contributed by atoms with E-state index in [4.69, 9.17) is 4.74 Å². The molecule has 5 heteroatoms. The minimum atomic E-state index is -2.90. The first kappa shape index (κ1) is 11.9. The molecule has 1 fully saturated rings. The molecule has 14 heavy (non-hydrogen) atoms. The molecule has 1 aliphatic rings. The molecular weight excluding hydrogens is 204 g/mol. The van der Waals surface area contributed by atoms with Gasteiger partial charge in [-0.25, -0.2) is 8.42 Å². The highest BCUT2D eigenvalue weighted by Gasteiger charge is 2.29. The van der Waals surface area contributed by atoms with Crippen molar-refractivity contribution in [3.8, 4) is 0 Å². The van der Waals surface area contributed by atoms with Gasteiger partial charge in [0.15, 0.2) is 0 Å². The molecule has 1 N–H and O–H groups in total. The largest absolute Gasteiger partial charge is 0.387 e. The highest BCUT2D eigenvalue weighted by atomic mass is 32.2. The molecule has 4 nitrogen and oxygen atoms in total. The highest BCUT2D eigenvalue weighted by molar-refractivity contribution is 7.90. The van der Waals surface area contributed by atoms with Crippen molar-refractivity contribution in [2.24, 2.45) is 0 Å². The molecule has 1 unspecified atom stereocenters. The second-order valence-corrected chi connectivity index (χ2v) is 6.37. The van der Waals surface area contributed by atoms with Gasteiger partial charge in [-0.2, -0.15) is 0 Å². The fourth-order valence-electron chi connectivity index (χ4n) is 1.70. The Hall–Kier alpha value is -0.130. The van der Waals surface area contributed by atoms with Crippen LogP contribution in [0, 0.1) is 0 Å². The van der Waals surface area contributed by atoms with E-state index in [9.17, 15) is 13.5 Å². The summed E-state index contributed by atoms with van der Waals surface area (Å²) in [5, 5.41) is 9.95. The molecule has 0 aromatic rings. The maximum atomic E-state index is 10.9. The van der Waals surface area contributed by atoms with Crippen molar-refractivity contribution in [3.05, 3.63) is 0 Å². The van der Waals surface area contributed by atoms with E-state index in [0.717, 1.165) is 12.8 Å². The van der Waals surface area contributed by atoms with Crippen LogP contribution in [0.2, 0.25) is 0 Å². The zero-order valence-electron chi connectivity index (χ0n) is 8.53. The second kappa shape index (κ2) is 4.59. The Bertz CT molecular complexity index is 265. The molecule has 0 aromatic carbocycles. The van der Waals surface area contributed by atoms with Gasteiger partial charge in [-0.3, -0.25) is 0 Å². The smallest absolute Gasteiger partial charge is 0.147 e. The van der Waals surface area contributed by atoms with Crippen molar-refractivity contribution in [1.29, 1.82) is 0 Å². The van der Waals surface area contributed by atoms with Gasteiger partial charge < -0.3 is 9.84 Å². The van der Waals surface area contributed by atoms with Crippen molar-refractivity contribution >= 4 is 9.84 Å². The minimum Gasteiger partial charge on any atom is -0.387 e. The van der Waals surface area contributed by atoms with E-state index in [2.05, 4.69) is 0 Å². The van der Waals surface area contributed by atoms with Gasteiger partial charge in [0.2, 0.25) is 0 Å². The van der Waals surface area contributed by atoms with Gasteiger partial charge >= 0.3 is 0 Å². The lowest BCUT2D eigenvalue weighted by atomic mass is 9.92. The Balaban J connectivity index is 2.29. The monoisotopic (exact) mass is 222 g/mol. The Morgan fingerprint density at radius 2 is 2.21 bits per heavy atom. The minimum absolute atomic E-state index is 0.148. The second-order valence-electron chi connectivity index (χ2n) is 4.11. The van der Waals surface area contributed by atoms with E-state index < -0.39 is 15.4 Å². The van der Waals surface area contributed by atoms with Crippen LogP contribution in [0.15, 0.2) is 0 Å². The molecule has 0 bridgehead atoms. The van der Waals surface area contributed by atoms with Crippen LogP contribution in [0.25, 0.3) is 0 Å². The Kier molecular flexibility index (Phi) is 3.92. The van der Waals surface area contributed by atoms with E-state index in [0.29, 0.717) is 26.1 Å². The lowest BCUT2D eigenvalue weighted by Crippen LogP contribution is -2.38. The fraction of sp³-hybridized carbons (Fsp3) is 1.00. The number of hydrogen-bond acceptors (Lipinski definition) is 4.